The molecular formula is C20H16BrFN2O4S. The summed E-state index contributed by atoms with van der Waals surface area (Å²) in [4.78, 5) is 24.1. The molecule has 1 aliphatic heterocycles. The van der Waals surface area contributed by atoms with Crippen molar-refractivity contribution in [3.05, 3.63) is 63.4 Å². The molecule has 1 fully saturated rings. The number of nitrogens with one attached hydrogen (secondary N) is 2. The minimum atomic E-state index is -0.584. The number of hydrogen-bond donors (Lipinski definition) is 2. The third-order valence-corrected chi connectivity index (χ3v) is 4.65. The van der Waals surface area contributed by atoms with Crippen molar-refractivity contribution >= 4 is 51.2 Å². The maximum absolute atomic E-state index is 13.4. The van der Waals surface area contributed by atoms with Gasteiger partial charge in [0.15, 0.2) is 16.6 Å². The van der Waals surface area contributed by atoms with Gasteiger partial charge in [-0.15, -0.1) is 0 Å². The van der Waals surface area contributed by atoms with Gasteiger partial charge in [-0.3, -0.25) is 20.2 Å². The highest BCUT2D eigenvalue weighted by molar-refractivity contribution is 9.10. The van der Waals surface area contributed by atoms with Crippen molar-refractivity contribution < 1.29 is 23.5 Å². The average Bonchev–Trinajstić information content (AvgIpc) is 2.64. The van der Waals surface area contributed by atoms with Crippen LogP contribution in [0.5, 0.6) is 11.5 Å². The van der Waals surface area contributed by atoms with Gasteiger partial charge in [-0.2, -0.15) is 0 Å². The van der Waals surface area contributed by atoms with E-state index in [-0.39, 0.29) is 23.1 Å². The molecule has 0 aromatic heterocycles. The van der Waals surface area contributed by atoms with Crippen molar-refractivity contribution in [3.8, 4) is 11.5 Å². The molecule has 2 N–H and O–H groups in total. The summed E-state index contributed by atoms with van der Waals surface area (Å²) in [7, 11) is 0. The second kappa shape index (κ2) is 9.15. The molecule has 0 unspecified atom stereocenters. The van der Waals surface area contributed by atoms with Crippen LogP contribution in [0.1, 0.15) is 18.1 Å². The van der Waals surface area contributed by atoms with Crippen LogP contribution in [0.25, 0.3) is 6.08 Å². The highest BCUT2D eigenvalue weighted by Crippen LogP contribution is 2.38. The number of amides is 2. The Morgan fingerprint density at radius 3 is 2.52 bits per heavy atom. The molecule has 150 valence electrons. The molecular weight excluding hydrogens is 463 g/mol. The first-order valence-electron chi connectivity index (χ1n) is 8.59. The number of ether oxygens (including phenoxy) is 2. The van der Waals surface area contributed by atoms with E-state index in [2.05, 4.69) is 26.6 Å². The second-order valence-electron chi connectivity index (χ2n) is 5.98. The SMILES string of the molecule is CCOc1cc(C=C2C(=O)NC(=S)NC2=O)cc(Br)c1OCc1cccc(F)c1. The third kappa shape index (κ3) is 5.18. The van der Waals surface area contributed by atoms with Crippen LogP contribution in [0, 0.1) is 5.82 Å². The van der Waals surface area contributed by atoms with Gasteiger partial charge in [0.2, 0.25) is 0 Å². The van der Waals surface area contributed by atoms with Gasteiger partial charge in [-0.1, -0.05) is 12.1 Å². The predicted molar refractivity (Wildman–Crippen MR) is 113 cm³/mol. The molecule has 0 saturated carbocycles. The van der Waals surface area contributed by atoms with E-state index in [9.17, 15) is 14.0 Å². The number of carbonyl (C=O) groups excluding carboxylic acids is 2. The number of benzene rings is 2. The average molecular weight is 479 g/mol. The Labute approximate surface area is 180 Å². The zero-order valence-electron chi connectivity index (χ0n) is 15.3. The van der Waals surface area contributed by atoms with E-state index in [0.29, 0.717) is 33.7 Å². The summed E-state index contributed by atoms with van der Waals surface area (Å²) in [5, 5.41) is 4.73. The maximum atomic E-state index is 13.4. The number of thiocarbonyl (C=S) groups is 1. The van der Waals surface area contributed by atoms with Crippen LogP contribution in [-0.4, -0.2) is 23.5 Å². The van der Waals surface area contributed by atoms with Crippen molar-refractivity contribution in [3.63, 3.8) is 0 Å². The molecule has 2 amide bonds. The molecule has 1 saturated heterocycles. The third-order valence-electron chi connectivity index (χ3n) is 3.86. The van der Waals surface area contributed by atoms with Gasteiger partial charge in [-0.05, 0) is 76.5 Å². The molecule has 1 heterocycles. The second-order valence-corrected chi connectivity index (χ2v) is 7.24. The normalized spacial score (nSPS) is 13.6. The first-order chi connectivity index (χ1) is 13.9. The fraction of sp³-hybridized carbons (Fsp3) is 0.150. The summed E-state index contributed by atoms with van der Waals surface area (Å²) < 4.78 is 25.4. The summed E-state index contributed by atoms with van der Waals surface area (Å²) in [6, 6.07) is 9.43. The zero-order valence-corrected chi connectivity index (χ0v) is 17.7. The van der Waals surface area contributed by atoms with Gasteiger partial charge in [0.05, 0.1) is 11.1 Å². The van der Waals surface area contributed by atoms with Crippen LogP contribution < -0.4 is 20.1 Å². The Bertz CT molecular complexity index is 1000. The van der Waals surface area contributed by atoms with E-state index in [4.69, 9.17) is 21.7 Å². The van der Waals surface area contributed by atoms with Crippen LogP contribution >= 0.6 is 28.1 Å². The number of hydrogen-bond acceptors (Lipinski definition) is 5. The van der Waals surface area contributed by atoms with Crippen LogP contribution in [0.2, 0.25) is 0 Å². The molecule has 0 spiro atoms. The van der Waals surface area contributed by atoms with Crippen LogP contribution in [0.15, 0.2) is 46.4 Å². The molecule has 0 atom stereocenters. The largest absolute Gasteiger partial charge is 0.490 e. The standard InChI is InChI=1S/C20H16BrFN2O4S/c1-2-27-16-9-12(7-14-18(25)23-20(29)24-19(14)26)8-15(21)17(16)28-10-11-4-3-5-13(22)6-11/h3-9H,2,10H2,1H3,(H2,23,24,25,26,29). The molecule has 9 heteroatoms. The molecule has 2 aromatic rings. The number of rotatable bonds is 6. The summed E-state index contributed by atoms with van der Waals surface area (Å²) in [6.07, 6.45) is 1.43. The van der Waals surface area contributed by atoms with E-state index in [1.54, 1.807) is 24.3 Å². The lowest BCUT2D eigenvalue weighted by Crippen LogP contribution is -2.51. The minimum absolute atomic E-state index is 0.0329. The first-order valence-corrected chi connectivity index (χ1v) is 9.79. The minimum Gasteiger partial charge on any atom is -0.490 e. The van der Waals surface area contributed by atoms with E-state index in [1.807, 2.05) is 6.92 Å². The quantitative estimate of drug-likeness (QED) is 0.377. The van der Waals surface area contributed by atoms with Crippen LogP contribution in [0.3, 0.4) is 0 Å². The Kier molecular flexibility index (Phi) is 6.60. The van der Waals surface area contributed by atoms with E-state index < -0.39 is 11.8 Å². The lowest BCUT2D eigenvalue weighted by molar-refractivity contribution is -0.123. The van der Waals surface area contributed by atoms with Crippen molar-refractivity contribution in [1.82, 2.24) is 10.6 Å². The van der Waals surface area contributed by atoms with Gasteiger partial charge in [0.25, 0.3) is 11.8 Å². The Morgan fingerprint density at radius 1 is 1.14 bits per heavy atom. The lowest BCUT2D eigenvalue weighted by atomic mass is 10.1. The van der Waals surface area contributed by atoms with E-state index in [1.165, 1.54) is 18.2 Å². The molecule has 1 aliphatic rings. The molecule has 0 radical (unpaired) electrons. The fourth-order valence-electron chi connectivity index (χ4n) is 2.63. The molecule has 3 rings (SSSR count). The van der Waals surface area contributed by atoms with Crippen molar-refractivity contribution in [1.29, 1.82) is 0 Å². The predicted octanol–water partition coefficient (Wildman–Crippen LogP) is 3.48. The maximum Gasteiger partial charge on any atom is 0.263 e. The number of carbonyl (C=O) groups is 2. The molecule has 2 aromatic carbocycles. The van der Waals surface area contributed by atoms with Crippen molar-refractivity contribution in [2.75, 3.05) is 6.61 Å². The zero-order chi connectivity index (χ0) is 21.0. The van der Waals surface area contributed by atoms with Crippen LogP contribution in [0.4, 0.5) is 4.39 Å². The van der Waals surface area contributed by atoms with Crippen molar-refractivity contribution in [2.45, 2.75) is 13.5 Å². The smallest absolute Gasteiger partial charge is 0.263 e. The van der Waals surface area contributed by atoms with Gasteiger partial charge in [0, 0.05) is 0 Å². The number of halogens is 2. The van der Waals surface area contributed by atoms with E-state index in [0.717, 1.165) is 0 Å². The fourth-order valence-corrected chi connectivity index (χ4v) is 3.39. The van der Waals surface area contributed by atoms with Crippen LogP contribution in [-0.2, 0) is 16.2 Å². The summed E-state index contributed by atoms with van der Waals surface area (Å²) in [6.45, 7) is 2.33. The Balaban J connectivity index is 1.90. The van der Waals surface area contributed by atoms with Gasteiger partial charge >= 0.3 is 0 Å². The summed E-state index contributed by atoms with van der Waals surface area (Å²) in [5.74, 6) is -0.673. The van der Waals surface area contributed by atoms with E-state index >= 15 is 0 Å². The highest BCUT2D eigenvalue weighted by atomic mass is 79.9. The molecule has 0 bridgehead atoms. The first kappa shape index (κ1) is 20.9. The Morgan fingerprint density at radius 2 is 1.86 bits per heavy atom. The van der Waals surface area contributed by atoms with Gasteiger partial charge < -0.3 is 9.47 Å². The Hall–Kier alpha value is -2.78. The van der Waals surface area contributed by atoms with Gasteiger partial charge in [0.1, 0.15) is 18.0 Å². The van der Waals surface area contributed by atoms with Gasteiger partial charge in [-0.25, -0.2) is 4.39 Å². The van der Waals surface area contributed by atoms with Crippen molar-refractivity contribution in [2.24, 2.45) is 0 Å². The summed E-state index contributed by atoms with van der Waals surface area (Å²) in [5.41, 5.74) is 1.13. The molecule has 0 aliphatic carbocycles. The monoisotopic (exact) mass is 478 g/mol. The highest BCUT2D eigenvalue weighted by Gasteiger charge is 2.26. The topological polar surface area (TPSA) is 76.7 Å². The lowest BCUT2D eigenvalue weighted by Gasteiger charge is -2.17. The molecule has 29 heavy (non-hydrogen) atoms. The molecule has 6 nitrogen and oxygen atoms in total. The summed E-state index contributed by atoms with van der Waals surface area (Å²) >= 11 is 8.22.